The molecule has 1 atom stereocenters. The molecule has 0 fully saturated rings. The van der Waals surface area contributed by atoms with Gasteiger partial charge in [0.05, 0.1) is 11.5 Å². The number of benzene rings is 1. The van der Waals surface area contributed by atoms with E-state index in [1.54, 1.807) is 26.0 Å². The zero-order chi connectivity index (χ0) is 14.6. The molecular formula is C13H22N2O3S. The van der Waals surface area contributed by atoms with Crippen molar-refractivity contribution in [3.63, 3.8) is 0 Å². The van der Waals surface area contributed by atoms with Gasteiger partial charge in [-0.25, -0.2) is 13.1 Å². The Morgan fingerprint density at radius 1 is 1.37 bits per heavy atom. The minimum absolute atomic E-state index is 0.230. The number of hydrogen-bond donors (Lipinski definition) is 2. The summed E-state index contributed by atoms with van der Waals surface area (Å²) in [4.78, 5) is 0.230. The van der Waals surface area contributed by atoms with Crippen molar-refractivity contribution in [2.24, 2.45) is 0 Å². The van der Waals surface area contributed by atoms with Crippen molar-refractivity contribution in [1.29, 1.82) is 0 Å². The van der Waals surface area contributed by atoms with E-state index in [9.17, 15) is 8.42 Å². The summed E-state index contributed by atoms with van der Waals surface area (Å²) >= 11 is 0. The quantitative estimate of drug-likeness (QED) is 0.778. The Hall–Kier alpha value is -1.11. The van der Waals surface area contributed by atoms with Gasteiger partial charge in [0, 0.05) is 18.3 Å². The number of rotatable bonds is 6. The highest BCUT2D eigenvalue weighted by Crippen LogP contribution is 2.23. The number of aryl methyl sites for hydroxylation is 1. The molecule has 0 spiro atoms. The Labute approximate surface area is 115 Å². The molecule has 0 aliphatic heterocycles. The number of sulfonamides is 1. The van der Waals surface area contributed by atoms with E-state index in [2.05, 4.69) is 4.72 Å². The van der Waals surface area contributed by atoms with Crippen LogP contribution in [0.15, 0.2) is 17.0 Å². The highest BCUT2D eigenvalue weighted by molar-refractivity contribution is 7.89. The van der Waals surface area contributed by atoms with E-state index in [4.69, 9.17) is 10.5 Å². The molecule has 108 valence electrons. The maximum Gasteiger partial charge on any atom is 0.241 e. The van der Waals surface area contributed by atoms with Gasteiger partial charge < -0.3 is 10.5 Å². The Bertz CT molecular complexity index is 541. The van der Waals surface area contributed by atoms with Gasteiger partial charge in [-0.2, -0.15) is 0 Å². The molecule has 0 radical (unpaired) electrons. The van der Waals surface area contributed by atoms with Gasteiger partial charge in [-0.1, -0.05) is 0 Å². The summed E-state index contributed by atoms with van der Waals surface area (Å²) in [5, 5.41) is 0. The third-order valence-corrected chi connectivity index (χ3v) is 4.48. The highest BCUT2D eigenvalue weighted by atomic mass is 32.2. The topological polar surface area (TPSA) is 81.4 Å². The number of hydrogen-bond acceptors (Lipinski definition) is 4. The van der Waals surface area contributed by atoms with Crippen LogP contribution in [0, 0.1) is 13.8 Å². The van der Waals surface area contributed by atoms with Crippen molar-refractivity contribution in [3.05, 3.63) is 23.3 Å². The molecule has 3 N–H and O–H groups in total. The summed E-state index contributed by atoms with van der Waals surface area (Å²) in [5.41, 5.74) is 7.69. The van der Waals surface area contributed by atoms with Crippen LogP contribution in [0.4, 0.5) is 5.69 Å². The molecule has 0 amide bonds. The first-order valence-corrected chi connectivity index (χ1v) is 7.73. The Kier molecular flexibility index (Phi) is 5.34. The zero-order valence-corrected chi connectivity index (χ0v) is 12.7. The van der Waals surface area contributed by atoms with E-state index in [0.29, 0.717) is 24.5 Å². The van der Waals surface area contributed by atoms with Crippen LogP contribution >= 0.6 is 0 Å². The molecule has 0 saturated carbocycles. The van der Waals surface area contributed by atoms with Crippen molar-refractivity contribution in [2.75, 3.05) is 18.9 Å². The van der Waals surface area contributed by atoms with E-state index in [0.717, 1.165) is 5.56 Å². The third kappa shape index (κ3) is 4.19. The second kappa shape index (κ2) is 6.36. The predicted octanol–water partition coefficient (Wildman–Crippen LogP) is 1.59. The van der Waals surface area contributed by atoms with E-state index < -0.39 is 10.0 Å². The van der Waals surface area contributed by atoms with Gasteiger partial charge in [-0.05, 0) is 51.0 Å². The molecule has 1 aromatic rings. The lowest BCUT2D eigenvalue weighted by atomic mass is 10.1. The Morgan fingerprint density at radius 2 is 2.00 bits per heavy atom. The van der Waals surface area contributed by atoms with Gasteiger partial charge in [0.1, 0.15) is 0 Å². The summed E-state index contributed by atoms with van der Waals surface area (Å²) in [5.74, 6) is 0. The maximum absolute atomic E-state index is 12.3. The van der Waals surface area contributed by atoms with E-state index in [1.165, 1.54) is 0 Å². The van der Waals surface area contributed by atoms with Crippen LogP contribution in [0.5, 0.6) is 0 Å². The van der Waals surface area contributed by atoms with Gasteiger partial charge >= 0.3 is 0 Å². The zero-order valence-electron chi connectivity index (χ0n) is 11.9. The molecule has 0 aromatic heterocycles. The van der Waals surface area contributed by atoms with Gasteiger partial charge in [0.2, 0.25) is 10.0 Å². The maximum atomic E-state index is 12.3. The second-order valence-corrected chi connectivity index (χ2v) is 6.34. The number of anilines is 1. The largest absolute Gasteiger partial charge is 0.398 e. The molecule has 5 nitrogen and oxygen atoms in total. The van der Waals surface area contributed by atoms with Crippen LogP contribution in [0.1, 0.15) is 25.0 Å². The minimum Gasteiger partial charge on any atom is -0.398 e. The van der Waals surface area contributed by atoms with E-state index in [1.807, 2.05) is 13.8 Å². The molecule has 0 aliphatic carbocycles. The van der Waals surface area contributed by atoms with E-state index >= 15 is 0 Å². The Morgan fingerprint density at radius 3 is 2.58 bits per heavy atom. The third-order valence-electron chi connectivity index (χ3n) is 2.76. The summed E-state index contributed by atoms with van der Waals surface area (Å²) in [6.07, 6.45) is 0. The summed E-state index contributed by atoms with van der Waals surface area (Å²) in [6.45, 7) is 8.06. The fourth-order valence-corrected chi connectivity index (χ4v) is 3.38. The lowest BCUT2D eigenvalue weighted by Crippen LogP contribution is -2.36. The van der Waals surface area contributed by atoms with Crippen molar-refractivity contribution < 1.29 is 13.2 Å². The van der Waals surface area contributed by atoms with Gasteiger partial charge in [0.25, 0.3) is 0 Å². The molecule has 1 aromatic carbocycles. The smallest absolute Gasteiger partial charge is 0.241 e. The molecule has 19 heavy (non-hydrogen) atoms. The SMILES string of the molecule is CCOCC(C)NS(=O)(=O)c1cc(C)cc(N)c1C. The van der Waals surface area contributed by atoms with Crippen molar-refractivity contribution in [1.82, 2.24) is 4.72 Å². The normalized spacial score (nSPS) is 13.5. The molecular weight excluding hydrogens is 264 g/mol. The fraction of sp³-hybridized carbons (Fsp3) is 0.538. The van der Waals surface area contributed by atoms with Crippen molar-refractivity contribution >= 4 is 15.7 Å². The Balaban J connectivity index is 3.01. The first-order valence-electron chi connectivity index (χ1n) is 6.24. The number of nitrogens with one attached hydrogen (secondary N) is 1. The molecule has 0 aliphatic rings. The highest BCUT2D eigenvalue weighted by Gasteiger charge is 2.21. The van der Waals surface area contributed by atoms with Crippen LogP contribution in [-0.2, 0) is 14.8 Å². The first kappa shape index (κ1) is 15.9. The van der Waals surface area contributed by atoms with Gasteiger partial charge in [0.15, 0.2) is 0 Å². The first-order chi connectivity index (χ1) is 8.77. The summed E-state index contributed by atoms with van der Waals surface area (Å²) in [6, 6.07) is 3.10. The summed E-state index contributed by atoms with van der Waals surface area (Å²) < 4.78 is 32.4. The lowest BCUT2D eigenvalue weighted by molar-refractivity contribution is 0.133. The van der Waals surface area contributed by atoms with Gasteiger partial charge in [-0.3, -0.25) is 0 Å². The number of nitrogens with two attached hydrogens (primary N) is 1. The number of nitrogen functional groups attached to an aromatic ring is 1. The average Bonchev–Trinajstić information content (AvgIpc) is 2.30. The molecule has 1 rings (SSSR count). The molecule has 0 saturated heterocycles. The predicted molar refractivity (Wildman–Crippen MR) is 76.6 cm³/mol. The fourth-order valence-electron chi connectivity index (χ4n) is 1.79. The molecule has 6 heteroatoms. The standard InChI is InChI=1S/C13H22N2O3S/c1-5-18-8-10(3)15-19(16,17)13-7-9(2)6-12(14)11(13)4/h6-7,10,15H,5,8,14H2,1-4H3. The van der Waals surface area contributed by atoms with Crippen LogP contribution in [0.3, 0.4) is 0 Å². The van der Waals surface area contributed by atoms with E-state index in [-0.39, 0.29) is 10.9 Å². The molecule has 0 bridgehead atoms. The monoisotopic (exact) mass is 286 g/mol. The number of ether oxygens (including phenoxy) is 1. The van der Waals surface area contributed by atoms with Crippen molar-refractivity contribution in [2.45, 2.75) is 38.6 Å². The molecule has 0 heterocycles. The van der Waals surface area contributed by atoms with Crippen LogP contribution < -0.4 is 10.5 Å². The lowest BCUT2D eigenvalue weighted by Gasteiger charge is -2.16. The van der Waals surface area contributed by atoms with Crippen LogP contribution in [0.2, 0.25) is 0 Å². The van der Waals surface area contributed by atoms with Crippen LogP contribution in [-0.4, -0.2) is 27.7 Å². The summed E-state index contributed by atoms with van der Waals surface area (Å²) in [7, 11) is -3.58. The van der Waals surface area contributed by atoms with Crippen molar-refractivity contribution in [3.8, 4) is 0 Å². The van der Waals surface area contributed by atoms with Crippen LogP contribution in [0.25, 0.3) is 0 Å². The molecule has 1 unspecified atom stereocenters. The van der Waals surface area contributed by atoms with Gasteiger partial charge in [-0.15, -0.1) is 0 Å². The second-order valence-electron chi connectivity index (χ2n) is 4.66. The average molecular weight is 286 g/mol. The minimum atomic E-state index is -3.58.